The van der Waals surface area contributed by atoms with Crippen molar-refractivity contribution in [3.8, 4) is 0 Å². The van der Waals surface area contributed by atoms with Crippen LogP contribution in [0.4, 0.5) is 10.2 Å². The van der Waals surface area contributed by atoms with E-state index in [1.807, 2.05) is 11.6 Å². The predicted molar refractivity (Wildman–Crippen MR) is 72.7 cm³/mol. The van der Waals surface area contributed by atoms with E-state index in [2.05, 4.69) is 15.3 Å². The van der Waals surface area contributed by atoms with Gasteiger partial charge in [-0.25, -0.2) is 14.4 Å². The highest BCUT2D eigenvalue weighted by Gasteiger charge is 2.19. The first-order valence-corrected chi connectivity index (χ1v) is 6.08. The predicted octanol–water partition coefficient (Wildman–Crippen LogP) is 1.27. The lowest BCUT2D eigenvalue weighted by molar-refractivity contribution is 0.0776. The van der Waals surface area contributed by atoms with Crippen LogP contribution in [0.3, 0.4) is 0 Å². The Bertz CT molecular complexity index is 625. The van der Waals surface area contributed by atoms with Gasteiger partial charge in [0.15, 0.2) is 11.6 Å². The molecule has 0 spiro atoms. The van der Waals surface area contributed by atoms with Gasteiger partial charge in [-0.1, -0.05) is 0 Å². The fraction of sp³-hybridized carbons (Fsp3) is 0.308. The number of anilines is 1. The van der Waals surface area contributed by atoms with Gasteiger partial charge in [-0.05, 0) is 6.07 Å². The fourth-order valence-electron chi connectivity index (χ4n) is 1.82. The van der Waals surface area contributed by atoms with Gasteiger partial charge in [-0.15, -0.1) is 0 Å². The summed E-state index contributed by atoms with van der Waals surface area (Å²) < 4.78 is 15.9. The van der Waals surface area contributed by atoms with E-state index < -0.39 is 11.7 Å². The summed E-state index contributed by atoms with van der Waals surface area (Å²) in [5.74, 6) is -0.276. The minimum Gasteiger partial charge on any atom is -0.371 e. The molecule has 0 saturated carbocycles. The number of nitrogens with one attached hydrogen (secondary N) is 1. The maximum atomic E-state index is 14.0. The van der Waals surface area contributed by atoms with Gasteiger partial charge < -0.3 is 14.8 Å². The van der Waals surface area contributed by atoms with E-state index in [4.69, 9.17) is 0 Å². The van der Waals surface area contributed by atoms with E-state index >= 15 is 0 Å². The van der Waals surface area contributed by atoms with E-state index in [1.165, 1.54) is 17.2 Å². The molecule has 106 valence electrons. The number of hydrogen-bond acceptors (Lipinski definition) is 4. The van der Waals surface area contributed by atoms with Crippen molar-refractivity contribution in [2.75, 3.05) is 19.4 Å². The van der Waals surface area contributed by atoms with Crippen molar-refractivity contribution in [1.29, 1.82) is 0 Å². The molecule has 0 radical (unpaired) electrons. The van der Waals surface area contributed by atoms with Crippen molar-refractivity contribution in [3.05, 3.63) is 41.9 Å². The number of pyridine rings is 1. The van der Waals surface area contributed by atoms with Gasteiger partial charge in [0.05, 0.1) is 12.1 Å². The van der Waals surface area contributed by atoms with Crippen molar-refractivity contribution >= 4 is 11.7 Å². The van der Waals surface area contributed by atoms with Crippen LogP contribution >= 0.6 is 0 Å². The Kier molecular flexibility index (Phi) is 3.97. The summed E-state index contributed by atoms with van der Waals surface area (Å²) in [4.78, 5) is 21.6. The Morgan fingerprint density at radius 2 is 2.20 bits per heavy atom. The van der Waals surface area contributed by atoms with Crippen LogP contribution in [-0.2, 0) is 13.6 Å². The summed E-state index contributed by atoms with van der Waals surface area (Å²) in [5, 5.41) is 2.61. The van der Waals surface area contributed by atoms with Crippen molar-refractivity contribution in [2.45, 2.75) is 6.54 Å². The number of rotatable bonds is 4. The van der Waals surface area contributed by atoms with Gasteiger partial charge in [-0.3, -0.25) is 4.79 Å². The zero-order valence-electron chi connectivity index (χ0n) is 11.6. The molecule has 0 aliphatic carbocycles. The third kappa shape index (κ3) is 2.61. The summed E-state index contributed by atoms with van der Waals surface area (Å²) >= 11 is 0. The molecule has 6 nitrogen and oxygen atoms in total. The molecular weight excluding hydrogens is 261 g/mol. The Balaban J connectivity index is 2.21. The average Bonchev–Trinajstić information content (AvgIpc) is 2.84. The lowest BCUT2D eigenvalue weighted by Crippen LogP contribution is -2.28. The second-order valence-electron chi connectivity index (χ2n) is 4.39. The summed E-state index contributed by atoms with van der Waals surface area (Å²) in [6.45, 7) is 0.305. The number of imidazole rings is 1. The van der Waals surface area contributed by atoms with Crippen LogP contribution in [0.2, 0.25) is 0 Å². The highest BCUT2D eigenvalue weighted by atomic mass is 19.1. The average molecular weight is 277 g/mol. The monoisotopic (exact) mass is 277 g/mol. The normalized spacial score (nSPS) is 10.4. The third-order valence-corrected chi connectivity index (χ3v) is 3.00. The second-order valence-corrected chi connectivity index (χ2v) is 4.39. The highest BCUT2D eigenvalue weighted by Crippen LogP contribution is 2.16. The van der Waals surface area contributed by atoms with E-state index in [1.54, 1.807) is 26.5 Å². The summed E-state index contributed by atoms with van der Waals surface area (Å²) in [5.41, 5.74) is -0.0129. The van der Waals surface area contributed by atoms with Crippen LogP contribution in [-0.4, -0.2) is 39.4 Å². The molecule has 2 rings (SSSR count). The second kappa shape index (κ2) is 5.68. The van der Waals surface area contributed by atoms with Crippen LogP contribution in [0.5, 0.6) is 0 Å². The summed E-state index contributed by atoms with van der Waals surface area (Å²) in [6, 6.07) is 1.37. The Labute approximate surface area is 116 Å². The Morgan fingerprint density at radius 1 is 1.45 bits per heavy atom. The molecular formula is C13H16FN5O. The molecule has 1 amide bonds. The summed E-state index contributed by atoms with van der Waals surface area (Å²) in [7, 11) is 5.00. The van der Waals surface area contributed by atoms with Crippen LogP contribution in [0.1, 0.15) is 16.2 Å². The first-order valence-electron chi connectivity index (χ1n) is 6.08. The van der Waals surface area contributed by atoms with E-state index in [9.17, 15) is 9.18 Å². The minimum atomic E-state index is -0.647. The number of carbonyl (C=O) groups is 1. The van der Waals surface area contributed by atoms with Crippen molar-refractivity contribution in [2.24, 2.45) is 7.05 Å². The van der Waals surface area contributed by atoms with E-state index in [-0.39, 0.29) is 11.4 Å². The maximum Gasteiger partial charge on any atom is 0.257 e. The SMILES string of the molecule is CNc1nccc(C(=O)N(C)Cc2nccn2C)c1F. The van der Waals surface area contributed by atoms with Gasteiger partial charge in [0.1, 0.15) is 5.82 Å². The molecule has 0 bridgehead atoms. The summed E-state index contributed by atoms with van der Waals surface area (Å²) in [6.07, 6.45) is 4.84. The Morgan fingerprint density at radius 3 is 2.80 bits per heavy atom. The van der Waals surface area contributed by atoms with E-state index in [0.717, 1.165) is 5.82 Å². The quantitative estimate of drug-likeness (QED) is 0.914. The van der Waals surface area contributed by atoms with Crippen LogP contribution in [0, 0.1) is 5.82 Å². The number of amides is 1. The highest BCUT2D eigenvalue weighted by molar-refractivity contribution is 5.95. The number of carbonyl (C=O) groups excluding carboxylic acids is 1. The molecule has 0 aliphatic rings. The molecule has 2 aromatic rings. The minimum absolute atomic E-state index is 0.0129. The molecule has 0 fully saturated rings. The molecule has 1 N–H and O–H groups in total. The first kappa shape index (κ1) is 14.0. The lowest BCUT2D eigenvalue weighted by atomic mass is 10.2. The van der Waals surface area contributed by atoms with Gasteiger partial charge in [0.2, 0.25) is 0 Å². The zero-order valence-corrected chi connectivity index (χ0v) is 11.6. The molecule has 0 aliphatic heterocycles. The molecule has 0 atom stereocenters. The topological polar surface area (TPSA) is 63.1 Å². The van der Waals surface area contributed by atoms with Gasteiger partial charge in [-0.2, -0.15) is 0 Å². The van der Waals surface area contributed by atoms with Crippen molar-refractivity contribution in [1.82, 2.24) is 19.4 Å². The van der Waals surface area contributed by atoms with Crippen molar-refractivity contribution < 1.29 is 9.18 Å². The van der Waals surface area contributed by atoms with Crippen LogP contribution < -0.4 is 5.32 Å². The number of nitrogens with zero attached hydrogens (tertiary/aromatic N) is 4. The Hall–Kier alpha value is -2.44. The van der Waals surface area contributed by atoms with Crippen LogP contribution in [0.25, 0.3) is 0 Å². The number of hydrogen-bond donors (Lipinski definition) is 1. The molecule has 2 heterocycles. The molecule has 0 aromatic carbocycles. The maximum absolute atomic E-state index is 14.0. The number of halogens is 1. The molecule has 0 saturated heterocycles. The number of aryl methyl sites for hydroxylation is 1. The largest absolute Gasteiger partial charge is 0.371 e. The smallest absolute Gasteiger partial charge is 0.257 e. The lowest BCUT2D eigenvalue weighted by Gasteiger charge is -2.17. The number of aromatic nitrogens is 3. The van der Waals surface area contributed by atoms with Gasteiger partial charge in [0, 0.05) is 39.7 Å². The van der Waals surface area contributed by atoms with Crippen LogP contribution in [0.15, 0.2) is 24.7 Å². The van der Waals surface area contributed by atoms with Gasteiger partial charge >= 0.3 is 0 Å². The standard InChI is InChI=1S/C13H16FN5O/c1-15-12-11(14)9(4-5-17-12)13(20)19(3)8-10-16-6-7-18(10)2/h4-7H,8H2,1-3H3,(H,15,17). The molecule has 2 aromatic heterocycles. The fourth-order valence-corrected chi connectivity index (χ4v) is 1.82. The zero-order chi connectivity index (χ0) is 14.7. The third-order valence-electron chi connectivity index (χ3n) is 3.00. The van der Waals surface area contributed by atoms with Crippen molar-refractivity contribution in [3.63, 3.8) is 0 Å². The molecule has 20 heavy (non-hydrogen) atoms. The molecule has 0 unspecified atom stereocenters. The first-order chi connectivity index (χ1) is 9.54. The van der Waals surface area contributed by atoms with E-state index in [0.29, 0.717) is 6.54 Å². The molecule has 7 heteroatoms. The van der Waals surface area contributed by atoms with Gasteiger partial charge in [0.25, 0.3) is 5.91 Å².